The molecular formula is C19H22N2O5S. The van der Waals surface area contributed by atoms with Crippen molar-refractivity contribution in [3.05, 3.63) is 48.5 Å². The van der Waals surface area contributed by atoms with Crippen LogP contribution in [0, 0.1) is 5.92 Å². The first-order valence-corrected chi connectivity index (χ1v) is 10.00. The van der Waals surface area contributed by atoms with Gasteiger partial charge in [-0.2, -0.15) is 0 Å². The second-order valence-electron chi connectivity index (χ2n) is 6.28. The van der Waals surface area contributed by atoms with Gasteiger partial charge in [-0.1, -0.05) is 18.2 Å². The fourth-order valence-electron chi connectivity index (χ4n) is 3.08. The van der Waals surface area contributed by atoms with E-state index in [4.69, 9.17) is 9.47 Å². The van der Waals surface area contributed by atoms with Crippen molar-refractivity contribution in [3.63, 3.8) is 0 Å². The maximum Gasteiger partial charge on any atom is 0.244 e. The third-order valence-corrected chi connectivity index (χ3v) is 5.94. The molecule has 0 bridgehead atoms. The van der Waals surface area contributed by atoms with Gasteiger partial charge < -0.3 is 14.4 Å². The first kappa shape index (κ1) is 19.2. The van der Waals surface area contributed by atoms with Crippen LogP contribution in [-0.2, 0) is 14.8 Å². The van der Waals surface area contributed by atoms with Gasteiger partial charge in [0, 0.05) is 31.3 Å². The molecule has 0 spiro atoms. The maximum absolute atomic E-state index is 12.7. The van der Waals surface area contributed by atoms with Crippen molar-refractivity contribution in [1.82, 2.24) is 4.72 Å². The molecule has 0 aromatic heterocycles. The van der Waals surface area contributed by atoms with Crippen molar-refractivity contribution in [2.24, 2.45) is 5.92 Å². The van der Waals surface area contributed by atoms with E-state index in [1.165, 1.54) is 20.3 Å². The standard InChI is InChI=1S/C19H22N2O5S/c1-25-16-8-9-17(26-2)18(11-16)27(23,24)20-12-14-10-19(22)21(13-14)15-6-4-3-5-7-15/h3-9,11,14,20H,10,12-13H2,1-2H3/t14-/m0/s1. The molecule has 1 fully saturated rings. The summed E-state index contributed by atoms with van der Waals surface area (Å²) in [5.41, 5.74) is 0.822. The normalized spacial score (nSPS) is 17.2. The molecule has 1 aliphatic heterocycles. The number of rotatable bonds is 7. The summed E-state index contributed by atoms with van der Waals surface area (Å²) >= 11 is 0. The summed E-state index contributed by atoms with van der Waals surface area (Å²) in [6, 6.07) is 13.9. The molecule has 3 rings (SSSR count). The number of hydrogen-bond donors (Lipinski definition) is 1. The number of anilines is 1. The highest BCUT2D eigenvalue weighted by Crippen LogP contribution is 2.29. The van der Waals surface area contributed by atoms with Crippen molar-refractivity contribution < 1.29 is 22.7 Å². The lowest BCUT2D eigenvalue weighted by Gasteiger charge is -2.17. The van der Waals surface area contributed by atoms with Crippen LogP contribution in [0.3, 0.4) is 0 Å². The van der Waals surface area contributed by atoms with Crippen molar-refractivity contribution in [2.45, 2.75) is 11.3 Å². The van der Waals surface area contributed by atoms with E-state index in [-0.39, 0.29) is 29.0 Å². The number of nitrogens with zero attached hydrogens (tertiary/aromatic N) is 1. The third-order valence-electron chi connectivity index (χ3n) is 4.50. The molecule has 0 unspecified atom stereocenters. The summed E-state index contributed by atoms with van der Waals surface area (Å²) < 4.78 is 38.3. The van der Waals surface area contributed by atoms with Crippen LogP contribution >= 0.6 is 0 Å². The maximum atomic E-state index is 12.7. The smallest absolute Gasteiger partial charge is 0.244 e. The lowest BCUT2D eigenvalue weighted by atomic mass is 10.1. The van der Waals surface area contributed by atoms with Crippen LogP contribution in [-0.4, -0.2) is 41.6 Å². The topological polar surface area (TPSA) is 84.9 Å². The number of methoxy groups -OCH3 is 2. The fraction of sp³-hybridized carbons (Fsp3) is 0.316. The minimum Gasteiger partial charge on any atom is -0.497 e. The van der Waals surface area contributed by atoms with Crippen molar-refractivity contribution in [1.29, 1.82) is 0 Å². The monoisotopic (exact) mass is 390 g/mol. The number of sulfonamides is 1. The van der Waals surface area contributed by atoms with Crippen LogP contribution in [0.15, 0.2) is 53.4 Å². The summed E-state index contributed by atoms with van der Waals surface area (Å²) in [4.78, 5) is 14.0. The predicted octanol–water partition coefficient (Wildman–Crippen LogP) is 2.04. The van der Waals surface area contributed by atoms with Crippen LogP contribution < -0.4 is 19.1 Å². The van der Waals surface area contributed by atoms with E-state index in [0.29, 0.717) is 18.7 Å². The van der Waals surface area contributed by atoms with Crippen molar-refractivity contribution in [3.8, 4) is 11.5 Å². The predicted molar refractivity (Wildman–Crippen MR) is 102 cm³/mol. The van der Waals surface area contributed by atoms with Gasteiger partial charge in [0.15, 0.2) is 0 Å². The Balaban J connectivity index is 1.71. The van der Waals surface area contributed by atoms with E-state index < -0.39 is 10.0 Å². The SMILES string of the molecule is COc1ccc(OC)c(S(=O)(=O)NC[C@@H]2CC(=O)N(c3ccccc3)C2)c1. The minimum absolute atomic E-state index is 0.00795. The summed E-state index contributed by atoms with van der Waals surface area (Å²) in [5.74, 6) is 0.535. The molecule has 1 amide bonds. The van der Waals surface area contributed by atoms with Gasteiger partial charge in [0.25, 0.3) is 0 Å². The van der Waals surface area contributed by atoms with Crippen LogP contribution in [0.25, 0.3) is 0 Å². The molecular weight excluding hydrogens is 368 g/mol. The molecule has 144 valence electrons. The quantitative estimate of drug-likeness (QED) is 0.782. The average Bonchev–Trinajstić information content (AvgIpc) is 3.07. The van der Waals surface area contributed by atoms with Crippen LogP contribution in [0.2, 0.25) is 0 Å². The van der Waals surface area contributed by atoms with Crippen molar-refractivity contribution >= 4 is 21.6 Å². The molecule has 0 saturated carbocycles. The van der Waals surface area contributed by atoms with E-state index in [1.807, 2.05) is 30.3 Å². The number of carbonyl (C=O) groups excluding carboxylic acids is 1. The molecule has 1 heterocycles. The van der Waals surface area contributed by atoms with E-state index >= 15 is 0 Å². The third kappa shape index (κ3) is 4.23. The highest BCUT2D eigenvalue weighted by Gasteiger charge is 2.32. The molecule has 1 aliphatic rings. The van der Waals surface area contributed by atoms with E-state index in [1.54, 1.807) is 17.0 Å². The second kappa shape index (κ2) is 7.98. The van der Waals surface area contributed by atoms with E-state index in [0.717, 1.165) is 5.69 Å². The minimum atomic E-state index is -3.81. The summed E-state index contributed by atoms with van der Waals surface area (Å²) in [6.07, 6.45) is 0.298. The molecule has 1 saturated heterocycles. The van der Waals surface area contributed by atoms with Gasteiger partial charge in [0.1, 0.15) is 16.4 Å². The summed E-state index contributed by atoms with van der Waals surface area (Å²) in [5, 5.41) is 0. The van der Waals surface area contributed by atoms with Gasteiger partial charge in [-0.15, -0.1) is 0 Å². The zero-order valence-electron chi connectivity index (χ0n) is 15.2. The lowest BCUT2D eigenvalue weighted by molar-refractivity contribution is -0.117. The van der Waals surface area contributed by atoms with Gasteiger partial charge in [-0.25, -0.2) is 13.1 Å². The molecule has 27 heavy (non-hydrogen) atoms. The van der Waals surface area contributed by atoms with E-state index in [9.17, 15) is 13.2 Å². The van der Waals surface area contributed by atoms with Crippen LogP contribution in [0.4, 0.5) is 5.69 Å². The fourth-order valence-corrected chi connectivity index (χ4v) is 4.37. The second-order valence-corrected chi connectivity index (χ2v) is 8.01. The Labute approximate surface area is 158 Å². The number of amides is 1. The highest BCUT2D eigenvalue weighted by atomic mass is 32.2. The lowest BCUT2D eigenvalue weighted by Crippen LogP contribution is -2.31. The Bertz CT molecular complexity index is 915. The summed E-state index contributed by atoms with van der Waals surface area (Å²) in [7, 11) is -0.930. The Kier molecular flexibility index (Phi) is 5.67. The Morgan fingerprint density at radius 1 is 1.11 bits per heavy atom. The zero-order valence-corrected chi connectivity index (χ0v) is 16.0. The number of benzene rings is 2. The van der Waals surface area contributed by atoms with E-state index in [2.05, 4.69) is 4.72 Å². The first-order chi connectivity index (χ1) is 12.9. The Morgan fingerprint density at radius 2 is 1.85 bits per heavy atom. The molecule has 0 radical (unpaired) electrons. The summed E-state index contributed by atoms with van der Waals surface area (Å²) in [6.45, 7) is 0.637. The van der Waals surface area contributed by atoms with Gasteiger partial charge in [0.05, 0.1) is 14.2 Å². The molecule has 8 heteroatoms. The Morgan fingerprint density at radius 3 is 2.52 bits per heavy atom. The number of ether oxygens (including phenoxy) is 2. The van der Waals surface area contributed by atoms with Gasteiger partial charge in [-0.3, -0.25) is 4.79 Å². The molecule has 2 aromatic carbocycles. The first-order valence-electron chi connectivity index (χ1n) is 8.51. The molecule has 2 aromatic rings. The molecule has 7 nitrogen and oxygen atoms in total. The largest absolute Gasteiger partial charge is 0.497 e. The molecule has 0 aliphatic carbocycles. The van der Waals surface area contributed by atoms with Gasteiger partial charge >= 0.3 is 0 Å². The Hall–Kier alpha value is -2.58. The number of para-hydroxylation sites is 1. The molecule has 1 atom stereocenters. The van der Waals surface area contributed by atoms with Gasteiger partial charge in [0.2, 0.25) is 15.9 Å². The zero-order chi connectivity index (χ0) is 19.4. The van der Waals surface area contributed by atoms with Crippen LogP contribution in [0.5, 0.6) is 11.5 Å². The van der Waals surface area contributed by atoms with Crippen molar-refractivity contribution in [2.75, 3.05) is 32.2 Å². The van der Waals surface area contributed by atoms with Gasteiger partial charge in [-0.05, 0) is 30.2 Å². The number of nitrogens with one attached hydrogen (secondary N) is 1. The number of hydrogen-bond acceptors (Lipinski definition) is 5. The van der Waals surface area contributed by atoms with Crippen LogP contribution in [0.1, 0.15) is 6.42 Å². The average molecular weight is 390 g/mol. The number of carbonyl (C=O) groups is 1. The highest BCUT2D eigenvalue weighted by molar-refractivity contribution is 7.89. The molecule has 1 N–H and O–H groups in total.